The fraction of sp³-hybridized carbons (Fsp3) is 0.200. The monoisotopic (exact) mass is 394 g/mol. The number of nitrogen functional groups attached to an aromatic ring is 1. The lowest BCUT2D eigenvalue weighted by molar-refractivity contribution is -0.116. The highest BCUT2D eigenvalue weighted by Gasteiger charge is 2.19. The molecule has 29 heavy (non-hydrogen) atoms. The third-order valence-corrected chi connectivity index (χ3v) is 4.33. The van der Waals surface area contributed by atoms with Crippen molar-refractivity contribution in [2.24, 2.45) is 0 Å². The number of nitrogens with two attached hydrogens (primary N) is 1. The third kappa shape index (κ3) is 4.70. The van der Waals surface area contributed by atoms with Crippen molar-refractivity contribution < 1.29 is 14.3 Å². The van der Waals surface area contributed by atoms with E-state index in [0.29, 0.717) is 11.4 Å². The minimum atomic E-state index is -0.487. The molecule has 9 heteroatoms. The lowest BCUT2D eigenvalue weighted by Gasteiger charge is -2.09. The van der Waals surface area contributed by atoms with Crippen molar-refractivity contribution >= 4 is 23.3 Å². The van der Waals surface area contributed by atoms with Crippen LogP contribution in [0.4, 0.5) is 11.5 Å². The molecule has 150 valence electrons. The highest BCUT2D eigenvalue weighted by atomic mass is 16.5. The highest BCUT2D eigenvalue weighted by molar-refractivity contribution is 5.97. The van der Waals surface area contributed by atoms with E-state index in [1.54, 1.807) is 19.2 Å². The summed E-state index contributed by atoms with van der Waals surface area (Å²) in [5, 5.41) is 13.2. The summed E-state index contributed by atoms with van der Waals surface area (Å²) in [6.45, 7) is 1.97. The van der Waals surface area contributed by atoms with Crippen LogP contribution < -0.4 is 21.1 Å². The summed E-state index contributed by atoms with van der Waals surface area (Å²) in [5.74, 6) is -0.129. The van der Waals surface area contributed by atoms with Crippen LogP contribution in [0.15, 0.2) is 48.5 Å². The van der Waals surface area contributed by atoms with Gasteiger partial charge in [-0.1, -0.05) is 41.6 Å². The van der Waals surface area contributed by atoms with Crippen LogP contribution >= 0.6 is 0 Å². The first-order valence-corrected chi connectivity index (χ1v) is 8.94. The van der Waals surface area contributed by atoms with Crippen molar-refractivity contribution in [3.05, 3.63) is 65.4 Å². The van der Waals surface area contributed by atoms with Gasteiger partial charge >= 0.3 is 0 Å². The number of rotatable bonds is 7. The molecule has 9 nitrogen and oxygen atoms in total. The predicted molar refractivity (Wildman–Crippen MR) is 108 cm³/mol. The maximum absolute atomic E-state index is 12.4. The van der Waals surface area contributed by atoms with Crippen molar-refractivity contribution in [1.29, 1.82) is 0 Å². The van der Waals surface area contributed by atoms with Crippen molar-refractivity contribution in [3.8, 4) is 5.75 Å². The van der Waals surface area contributed by atoms with Gasteiger partial charge in [0, 0.05) is 17.8 Å². The van der Waals surface area contributed by atoms with Gasteiger partial charge in [0.2, 0.25) is 5.91 Å². The quantitative estimate of drug-likeness (QED) is 0.561. The molecule has 0 radical (unpaired) electrons. The first-order chi connectivity index (χ1) is 14.0. The molecular formula is C20H22N6O3. The maximum Gasteiger partial charge on any atom is 0.275 e. The topological polar surface area (TPSA) is 124 Å². The summed E-state index contributed by atoms with van der Waals surface area (Å²) >= 11 is 0. The van der Waals surface area contributed by atoms with Gasteiger partial charge < -0.3 is 21.1 Å². The first-order valence-electron chi connectivity index (χ1n) is 8.94. The fourth-order valence-electron chi connectivity index (χ4n) is 2.75. The molecule has 0 saturated heterocycles. The van der Waals surface area contributed by atoms with Gasteiger partial charge in [0.15, 0.2) is 11.5 Å². The first kappa shape index (κ1) is 19.9. The summed E-state index contributed by atoms with van der Waals surface area (Å²) < 4.78 is 6.45. The van der Waals surface area contributed by atoms with E-state index in [2.05, 4.69) is 20.9 Å². The standard InChI is InChI=1S/C20H22N6O3/c1-13-7-3-5-9-15(13)23-17(27)12-26-19(21)18(24-25-26)20(28)22-11-14-8-4-6-10-16(14)29-2/h3-10H,11-12,21H2,1-2H3,(H,22,28)(H,23,27). The molecule has 0 bridgehead atoms. The second kappa shape index (κ2) is 8.87. The van der Waals surface area contributed by atoms with Crippen LogP contribution in [0.2, 0.25) is 0 Å². The summed E-state index contributed by atoms with van der Waals surface area (Å²) in [6.07, 6.45) is 0. The van der Waals surface area contributed by atoms with E-state index in [1.165, 1.54) is 4.68 Å². The number of anilines is 2. The summed E-state index contributed by atoms with van der Waals surface area (Å²) in [7, 11) is 1.56. The predicted octanol–water partition coefficient (Wildman–Crippen LogP) is 1.75. The molecule has 0 aliphatic rings. The van der Waals surface area contributed by atoms with Crippen LogP contribution in [0, 0.1) is 6.92 Å². The highest BCUT2D eigenvalue weighted by Crippen LogP contribution is 2.17. The Kier molecular flexibility index (Phi) is 6.08. The molecule has 0 atom stereocenters. The van der Waals surface area contributed by atoms with Crippen LogP contribution in [-0.2, 0) is 17.9 Å². The zero-order chi connectivity index (χ0) is 20.8. The van der Waals surface area contributed by atoms with Crippen LogP contribution in [0.1, 0.15) is 21.6 Å². The molecule has 3 rings (SSSR count). The Bertz CT molecular complexity index is 1030. The zero-order valence-corrected chi connectivity index (χ0v) is 16.2. The van der Waals surface area contributed by atoms with Crippen molar-refractivity contribution in [1.82, 2.24) is 20.3 Å². The SMILES string of the molecule is COc1ccccc1CNC(=O)c1nnn(CC(=O)Nc2ccccc2C)c1N. The number of hydrogen-bond donors (Lipinski definition) is 3. The molecule has 4 N–H and O–H groups in total. The van der Waals surface area contributed by atoms with Crippen molar-refractivity contribution in [3.63, 3.8) is 0 Å². The van der Waals surface area contributed by atoms with Gasteiger partial charge in [0.25, 0.3) is 5.91 Å². The lowest BCUT2D eigenvalue weighted by Crippen LogP contribution is -2.25. The number of para-hydroxylation sites is 2. The Morgan fingerprint density at radius 3 is 2.62 bits per heavy atom. The fourth-order valence-corrected chi connectivity index (χ4v) is 2.75. The summed E-state index contributed by atoms with van der Waals surface area (Å²) in [5.41, 5.74) is 8.38. The number of benzene rings is 2. The van der Waals surface area contributed by atoms with E-state index in [4.69, 9.17) is 10.5 Å². The normalized spacial score (nSPS) is 10.4. The molecule has 0 aliphatic heterocycles. The van der Waals surface area contributed by atoms with Gasteiger partial charge in [0.05, 0.1) is 7.11 Å². The average Bonchev–Trinajstić information content (AvgIpc) is 3.08. The molecule has 0 spiro atoms. The van der Waals surface area contributed by atoms with Gasteiger partial charge in [-0.3, -0.25) is 9.59 Å². The number of aryl methyl sites for hydroxylation is 1. The number of ether oxygens (including phenoxy) is 1. The van der Waals surface area contributed by atoms with Crippen LogP contribution in [0.25, 0.3) is 0 Å². The maximum atomic E-state index is 12.4. The molecule has 1 heterocycles. The van der Waals surface area contributed by atoms with Crippen LogP contribution in [0.5, 0.6) is 5.75 Å². The molecule has 2 amide bonds. The molecule has 3 aromatic rings. The molecule has 1 aromatic heterocycles. The van der Waals surface area contributed by atoms with E-state index >= 15 is 0 Å². The number of nitrogens with zero attached hydrogens (tertiary/aromatic N) is 3. The number of hydrogen-bond acceptors (Lipinski definition) is 6. The zero-order valence-electron chi connectivity index (χ0n) is 16.2. The van der Waals surface area contributed by atoms with E-state index in [-0.39, 0.29) is 30.5 Å². The molecule has 2 aromatic carbocycles. The molecule has 0 aliphatic carbocycles. The van der Waals surface area contributed by atoms with Crippen LogP contribution in [0.3, 0.4) is 0 Å². The average molecular weight is 394 g/mol. The molecular weight excluding hydrogens is 372 g/mol. The number of amides is 2. The van der Waals surface area contributed by atoms with Gasteiger partial charge in [-0.25, -0.2) is 4.68 Å². The molecule has 0 fully saturated rings. The second-order valence-electron chi connectivity index (χ2n) is 6.34. The minimum Gasteiger partial charge on any atom is -0.496 e. The third-order valence-electron chi connectivity index (χ3n) is 4.33. The lowest BCUT2D eigenvalue weighted by atomic mass is 10.2. The van der Waals surface area contributed by atoms with Crippen molar-refractivity contribution in [2.45, 2.75) is 20.0 Å². The van der Waals surface area contributed by atoms with Gasteiger partial charge in [0.1, 0.15) is 12.3 Å². The Labute approximate surface area is 167 Å². The number of aromatic nitrogens is 3. The Morgan fingerprint density at radius 2 is 1.86 bits per heavy atom. The number of carbonyl (C=O) groups excluding carboxylic acids is 2. The van der Waals surface area contributed by atoms with E-state index in [0.717, 1.165) is 11.1 Å². The van der Waals surface area contributed by atoms with E-state index in [9.17, 15) is 9.59 Å². The Hall–Kier alpha value is -3.88. The Balaban J connectivity index is 1.63. The van der Waals surface area contributed by atoms with Gasteiger partial charge in [-0.05, 0) is 24.6 Å². The molecule has 0 saturated carbocycles. The van der Waals surface area contributed by atoms with Gasteiger partial charge in [-0.2, -0.15) is 0 Å². The van der Waals surface area contributed by atoms with E-state index < -0.39 is 5.91 Å². The smallest absolute Gasteiger partial charge is 0.275 e. The second-order valence-corrected chi connectivity index (χ2v) is 6.34. The van der Waals surface area contributed by atoms with E-state index in [1.807, 2.05) is 43.3 Å². The Morgan fingerprint density at radius 1 is 1.14 bits per heavy atom. The van der Waals surface area contributed by atoms with Crippen molar-refractivity contribution in [2.75, 3.05) is 18.2 Å². The minimum absolute atomic E-state index is 0.0162. The summed E-state index contributed by atoms with van der Waals surface area (Å²) in [4.78, 5) is 24.7. The number of carbonyl (C=O) groups is 2. The number of nitrogens with one attached hydrogen (secondary N) is 2. The molecule has 0 unspecified atom stereocenters. The van der Waals surface area contributed by atoms with Gasteiger partial charge in [-0.15, -0.1) is 5.10 Å². The number of methoxy groups -OCH3 is 1. The largest absolute Gasteiger partial charge is 0.496 e. The van der Waals surface area contributed by atoms with Crippen LogP contribution in [-0.4, -0.2) is 33.9 Å². The summed E-state index contributed by atoms with van der Waals surface area (Å²) in [6, 6.07) is 14.7.